The van der Waals surface area contributed by atoms with Crippen molar-refractivity contribution >= 4 is 39.1 Å². The zero-order valence-electron chi connectivity index (χ0n) is 24.6. The van der Waals surface area contributed by atoms with E-state index in [1.807, 2.05) is 45.0 Å². The standard InChI is InChI=1S/C33H40ClN3O4S/c1-4-30(33(39)35-28-11-7-5-8-12-28)36(22-26-16-18-27(34)19-17-26)32(38)23-37(31-20-15-24(2)21-25(31)3)42(40,41)29-13-9-6-10-14-29/h6,9-10,13-21,28,30H,4-5,7-8,11-12,22-23H2,1-3H3,(H,35,39)/t30-/m1/s1. The molecule has 4 rings (SSSR count). The van der Waals surface area contributed by atoms with Crippen molar-refractivity contribution in [2.75, 3.05) is 10.8 Å². The molecule has 0 unspecified atom stereocenters. The second-order valence-electron chi connectivity index (χ2n) is 11.0. The molecule has 0 bridgehead atoms. The van der Waals surface area contributed by atoms with Crippen LogP contribution in [-0.4, -0.2) is 43.8 Å². The Kier molecular flexibility index (Phi) is 10.7. The van der Waals surface area contributed by atoms with Crippen molar-refractivity contribution < 1.29 is 18.0 Å². The van der Waals surface area contributed by atoms with Crippen LogP contribution >= 0.6 is 11.6 Å². The van der Waals surface area contributed by atoms with Crippen LogP contribution in [0, 0.1) is 13.8 Å². The molecule has 3 aromatic rings. The molecule has 1 N–H and O–H groups in total. The first-order chi connectivity index (χ1) is 20.1. The van der Waals surface area contributed by atoms with E-state index in [2.05, 4.69) is 5.32 Å². The number of halogens is 1. The minimum Gasteiger partial charge on any atom is -0.352 e. The molecule has 9 heteroatoms. The van der Waals surface area contributed by atoms with E-state index >= 15 is 0 Å². The first-order valence-corrected chi connectivity index (χ1v) is 16.4. The van der Waals surface area contributed by atoms with E-state index in [0.717, 1.165) is 48.8 Å². The number of benzene rings is 3. The summed E-state index contributed by atoms with van der Waals surface area (Å²) in [5, 5.41) is 3.73. The lowest BCUT2D eigenvalue weighted by Crippen LogP contribution is -2.54. The van der Waals surface area contributed by atoms with Crippen molar-refractivity contribution in [2.24, 2.45) is 0 Å². The summed E-state index contributed by atoms with van der Waals surface area (Å²) in [4.78, 5) is 29.5. The number of hydrogen-bond acceptors (Lipinski definition) is 4. The fourth-order valence-electron chi connectivity index (χ4n) is 5.57. The molecule has 3 aromatic carbocycles. The molecule has 224 valence electrons. The number of rotatable bonds is 11. The molecular weight excluding hydrogens is 570 g/mol. The van der Waals surface area contributed by atoms with Crippen LogP contribution in [0.15, 0.2) is 77.7 Å². The highest BCUT2D eigenvalue weighted by atomic mass is 35.5. The number of anilines is 1. The van der Waals surface area contributed by atoms with Gasteiger partial charge in [-0.15, -0.1) is 0 Å². The number of amides is 2. The van der Waals surface area contributed by atoms with Gasteiger partial charge in [0, 0.05) is 17.6 Å². The second kappa shape index (κ2) is 14.2. The quantitative estimate of drug-likeness (QED) is 0.272. The molecule has 7 nitrogen and oxygen atoms in total. The molecule has 1 fully saturated rings. The Morgan fingerprint density at radius 2 is 1.62 bits per heavy atom. The Labute approximate surface area is 254 Å². The Bertz CT molecular complexity index is 1470. The largest absolute Gasteiger partial charge is 0.352 e. The monoisotopic (exact) mass is 609 g/mol. The van der Waals surface area contributed by atoms with Crippen molar-refractivity contribution in [3.05, 3.63) is 94.5 Å². The highest BCUT2D eigenvalue weighted by molar-refractivity contribution is 7.92. The SMILES string of the molecule is CC[C@H](C(=O)NC1CCCCC1)N(Cc1ccc(Cl)cc1)C(=O)CN(c1ccc(C)cc1C)S(=O)(=O)c1ccccc1. The van der Waals surface area contributed by atoms with Crippen LogP contribution < -0.4 is 9.62 Å². The van der Waals surface area contributed by atoms with Crippen molar-refractivity contribution in [1.82, 2.24) is 10.2 Å². The molecule has 0 saturated heterocycles. The number of sulfonamides is 1. The summed E-state index contributed by atoms with van der Waals surface area (Å²) < 4.78 is 29.2. The van der Waals surface area contributed by atoms with Gasteiger partial charge in [0.1, 0.15) is 12.6 Å². The van der Waals surface area contributed by atoms with Crippen molar-refractivity contribution in [1.29, 1.82) is 0 Å². The number of carbonyl (C=O) groups excluding carboxylic acids is 2. The lowest BCUT2D eigenvalue weighted by molar-refractivity contribution is -0.140. The van der Waals surface area contributed by atoms with Crippen LogP contribution in [0.2, 0.25) is 5.02 Å². The minimum atomic E-state index is -4.10. The van der Waals surface area contributed by atoms with Gasteiger partial charge in [-0.3, -0.25) is 13.9 Å². The Balaban J connectivity index is 1.72. The molecule has 42 heavy (non-hydrogen) atoms. The van der Waals surface area contributed by atoms with Gasteiger partial charge in [-0.2, -0.15) is 0 Å². The highest BCUT2D eigenvalue weighted by Gasteiger charge is 2.34. The Morgan fingerprint density at radius 3 is 2.24 bits per heavy atom. The molecule has 0 aromatic heterocycles. The molecule has 0 spiro atoms. The van der Waals surface area contributed by atoms with Gasteiger partial charge in [0.15, 0.2) is 0 Å². The predicted octanol–water partition coefficient (Wildman–Crippen LogP) is 6.41. The predicted molar refractivity (Wildman–Crippen MR) is 168 cm³/mol. The van der Waals surface area contributed by atoms with Gasteiger partial charge < -0.3 is 10.2 Å². The number of aryl methyl sites for hydroxylation is 2. The summed E-state index contributed by atoms with van der Waals surface area (Å²) in [6, 6.07) is 20.0. The smallest absolute Gasteiger partial charge is 0.264 e. The van der Waals surface area contributed by atoms with Gasteiger partial charge in [-0.25, -0.2) is 8.42 Å². The maximum Gasteiger partial charge on any atom is 0.264 e. The zero-order chi connectivity index (χ0) is 30.3. The summed E-state index contributed by atoms with van der Waals surface area (Å²) >= 11 is 6.11. The third kappa shape index (κ3) is 7.72. The van der Waals surface area contributed by atoms with Gasteiger partial charge in [0.2, 0.25) is 11.8 Å². The third-order valence-corrected chi connectivity index (χ3v) is 9.86. The molecule has 0 heterocycles. The van der Waals surface area contributed by atoms with Gasteiger partial charge >= 0.3 is 0 Å². The van der Waals surface area contributed by atoms with E-state index < -0.39 is 28.5 Å². The average Bonchev–Trinajstić information content (AvgIpc) is 2.98. The van der Waals surface area contributed by atoms with Crippen molar-refractivity contribution in [2.45, 2.75) is 82.8 Å². The summed E-state index contributed by atoms with van der Waals surface area (Å²) in [6.07, 6.45) is 5.52. The molecule has 1 atom stereocenters. The topological polar surface area (TPSA) is 86.8 Å². The Morgan fingerprint density at radius 1 is 0.952 bits per heavy atom. The van der Waals surface area contributed by atoms with E-state index in [1.165, 1.54) is 21.3 Å². The number of nitrogens with zero attached hydrogens (tertiary/aromatic N) is 2. The summed E-state index contributed by atoms with van der Waals surface area (Å²) in [5.74, 6) is -0.675. The van der Waals surface area contributed by atoms with Crippen LogP contribution in [0.4, 0.5) is 5.69 Å². The lowest BCUT2D eigenvalue weighted by atomic mass is 9.95. The van der Waals surface area contributed by atoms with E-state index in [4.69, 9.17) is 11.6 Å². The number of carbonyl (C=O) groups is 2. The minimum absolute atomic E-state index is 0.0814. The van der Waals surface area contributed by atoms with Gasteiger partial charge in [-0.1, -0.05) is 85.8 Å². The van der Waals surface area contributed by atoms with E-state index in [9.17, 15) is 18.0 Å². The summed E-state index contributed by atoms with van der Waals surface area (Å²) in [6.45, 7) is 5.32. The summed E-state index contributed by atoms with van der Waals surface area (Å²) in [5.41, 5.74) is 2.92. The first-order valence-electron chi connectivity index (χ1n) is 14.6. The highest BCUT2D eigenvalue weighted by Crippen LogP contribution is 2.28. The van der Waals surface area contributed by atoms with Crippen LogP contribution in [0.5, 0.6) is 0 Å². The number of hydrogen-bond donors (Lipinski definition) is 1. The van der Waals surface area contributed by atoms with Crippen molar-refractivity contribution in [3.63, 3.8) is 0 Å². The second-order valence-corrected chi connectivity index (χ2v) is 13.3. The molecule has 1 aliphatic rings. The summed E-state index contributed by atoms with van der Waals surface area (Å²) in [7, 11) is -4.10. The first kappa shape index (κ1) is 31.6. The normalized spacial score (nSPS) is 14.7. The zero-order valence-corrected chi connectivity index (χ0v) is 26.1. The average molecular weight is 610 g/mol. The molecule has 0 aliphatic heterocycles. The molecule has 2 amide bonds. The van der Waals surface area contributed by atoms with E-state index in [-0.39, 0.29) is 23.4 Å². The fraction of sp³-hybridized carbons (Fsp3) is 0.394. The number of nitrogens with one attached hydrogen (secondary N) is 1. The van der Waals surface area contributed by atoms with Crippen LogP contribution in [0.1, 0.15) is 62.1 Å². The lowest BCUT2D eigenvalue weighted by Gasteiger charge is -2.34. The fourth-order valence-corrected chi connectivity index (χ4v) is 7.19. The van der Waals surface area contributed by atoms with Crippen molar-refractivity contribution in [3.8, 4) is 0 Å². The van der Waals surface area contributed by atoms with E-state index in [0.29, 0.717) is 17.1 Å². The van der Waals surface area contributed by atoms with E-state index in [1.54, 1.807) is 36.4 Å². The van der Waals surface area contributed by atoms with Crippen LogP contribution in [0.25, 0.3) is 0 Å². The third-order valence-electron chi connectivity index (χ3n) is 7.83. The van der Waals surface area contributed by atoms with Crippen LogP contribution in [-0.2, 0) is 26.2 Å². The van der Waals surface area contributed by atoms with Gasteiger partial charge in [0.25, 0.3) is 10.0 Å². The van der Waals surface area contributed by atoms with Gasteiger partial charge in [0.05, 0.1) is 10.6 Å². The molecule has 0 radical (unpaired) electrons. The maximum absolute atomic E-state index is 14.3. The molecule has 1 saturated carbocycles. The maximum atomic E-state index is 14.3. The van der Waals surface area contributed by atoms with Crippen LogP contribution in [0.3, 0.4) is 0 Å². The molecular formula is C33H40ClN3O4S. The molecule has 1 aliphatic carbocycles. The van der Waals surface area contributed by atoms with Gasteiger partial charge in [-0.05, 0) is 74.6 Å². The Hall–Kier alpha value is -3.36.